The first-order chi connectivity index (χ1) is 15.9. The molecular formula is C25H26ClN5O2. The van der Waals surface area contributed by atoms with Gasteiger partial charge in [-0.3, -0.25) is 14.5 Å². The number of nitriles is 1. The monoisotopic (exact) mass is 463 g/mol. The average Bonchev–Trinajstić information content (AvgIpc) is 3.16. The van der Waals surface area contributed by atoms with Crippen LogP contribution in [-0.4, -0.2) is 38.7 Å². The molecule has 0 saturated carbocycles. The van der Waals surface area contributed by atoms with E-state index in [1.54, 1.807) is 10.7 Å². The summed E-state index contributed by atoms with van der Waals surface area (Å²) in [6.45, 7) is 6.79. The van der Waals surface area contributed by atoms with E-state index in [0.29, 0.717) is 48.0 Å². The van der Waals surface area contributed by atoms with E-state index in [0.717, 1.165) is 27.9 Å². The van der Waals surface area contributed by atoms with E-state index in [1.807, 2.05) is 45.0 Å². The number of hydrogen-bond acceptors (Lipinski definition) is 5. The van der Waals surface area contributed by atoms with Gasteiger partial charge in [-0.15, -0.1) is 11.6 Å². The molecule has 0 bridgehead atoms. The fourth-order valence-corrected chi connectivity index (χ4v) is 4.58. The maximum atomic E-state index is 13.7. The Morgan fingerprint density at radius 3 is 2.67 bits per heavy atom. The van der Waals surface area contributed by atoms with Crippen LogP contribution in [-0.2, 0) is 19.3 Å². The van der Waals surface area contributed by atoms with E-state index >= 15 is 0 Å². The number of benzene rings is 1. The van der Waals surface area contributed by atoms with Crippen LogP contribution in [0.1, 0.15) is 58.3 Å². The van der Waals surface area contributed by atoms with Gasteiger partial charge < -0.3 is 9.64 Å². The van der Waals surface area contributed by atoms with Crippen molar-refractivity contribution in [3.63, 3.8) is 0 Å². The molecule has 4 rings (SSSR count). The molecule has 1 aliphatic heterocycles. The number of hydrogen-bond donors (Lipinski definition) is 0. The zero-order valence-electron chi connectivity index (χ0n) is 19.2. The largest absolute Gasteiger partial charge is 0.492 e. The molecule has 3 aromatic rings. The van der Waals surface area contributed by atoms with Crippen molar-refractivity contribution in [2.75, 3.05) is 13.2 Å². The van der Waals surface area contributed by atoms with E-state index in [-0.39, 0.29) is 11.9 Å². The second kappa shape index (κ2) is 9.24. The minimum atomic E-state index is -0.277. The van der Waals surface area contributed by atoms with Crippen molar-refractivity contribution in [2.45, 2.75) is 39.1 Å². The summed E-state index contributed by atoms with van der Waals surface area (Å²) in [7, 11) is 1.89. The molecule has 1 aliphatic rings. The number of amides is 1. The summed E-state index contributed by atoms with van der Waals surface area (Å²) in [5.41, 5.74) is 6.61. The van der Waals surface area contributed by atoms with Crippen LogP contribution in [0.3, 0.4) is 0 Å². The molecule has 0 saturated heterocycles. The second-order valence-corrected chi connectivity index (χ2v) is 8.45. The third-order valence-electron chi connectivity index (χ3n) is 6.06. The van der Waals surface area contributed by atoms with Crippen molar-refractivity contribution in [2.24, 2.45) is 7.05 Å². The number of pyridine rings is 1. The molecule has 0 radical (unpaired) electrons. The van der Waals surface area contributed by atoms with E-state index in [1.165, 1.54) is 6.20 Å². The van der Waals surface area contributed by atoms with E-state index < -0.39 is 0 Å². The molecule has 1 amide bonds. The minimum Gasteiger partial charge on any atom is -0.492 e. The lowest BCUT2D eigenvalue weighted by Crippen LogP contribution is -2.40. The first-order valence-corrected chi connectivity index (χ1v) is 11.5. The third kappa shape index (κ3) is 4.19. The number of carbonyl (C=O) groups is 1. The van der Waals surface area contributed by atoms with Gasteiger partial charge in [-0.1, -0.05) is 0 Å². The summed E-state index contributed by atoms with van der Waals surface area (Å²) < 4.78 is 7.40. The van der Waals surface area contributed by atoms with E-state index in [2.05, 4.69) is 22.2 Å². The normalized spacial score (nSPS) is 14.1. The molecule has 1 atom stereocenters. The van der Waals surface area contributed by atoms with Gasteiger partial charge in [0, 0.05) is 49.1 Å². The Balaban J connectivity index is 1.73. The van der Waals surface area contributed by atoms with Gasteiger partial charge in [0.15, 0.2) is 0 Å². The molecule has 0 fully saturated rings. The smallest absolute Gasteiger partial charge is 0.254 e. The fraction of sp³-hybridized carbons (Fsp3) is 0.360. The van der Waals surface area contributed by atoms with Gasteiger partial charge in [0.2, 0.25) is 0 Å². The lowest BCUT2D eigenvalue weighted by molar-refractivity contribution is 0.0669. The molecule has 1 aromatic carbocycles. The van der Waals surface area contributed by atoms with Crippen molar-refractivity contribution in [1.29, 1.82) is 5.26 Å². The fourth-order valence-electron chi connectivity index (χ4n) is 4.43. The molecule has 0 spiro atoms. The molecule has 0 N–H and O–H groups in total. The van der Waals surface area contributed by atoms with Crippen LogP contribution >= 0.6 is 11.6 Å². The van der Waals surface area contributed by atoms with Crippen LogP contribution in [0, 0.1) is 18.3 Å². The number of alkyl halides is 1. The standard InChI is InChI=1S/C25H26ClN5O2/c1-5-33-24-10-23(28-13-18(24)12-27)16(3)31-7-6-19-20(22-14-30(4)29-15(22)2)8-17(11-26)9-21(19)25(31)32/h8-10,13-14,16H,5-7,11H2,1-4H3. The van der Waals surface area contributed by atoms with Crippen LogP contribution in [0.15, 0.2) is 30.6 Å². The summed E-state index contributed by atoms with van der Waals surface area (Å²) in [6.07, 6.45) is 4.21. The quantitative estimate of drug-likeness (QED) is 0.500. The Hall–Kier alpha value is -3.37. The van der Waals surface area contributed by atoms with Crippen molar-refractivity contribution in [1.82, 2.24) is 19.7 Å². The van der Waals surface area contributed by atoms with Gasteiger partial charge >= 0.3 is 0 Å². The molecular weight excluding hydrogens is 438 g/mol. The third-order valence-corrected chi connectivity index (χ3v) is 6.37. The van der Waals surface area contributed by atoms with Gasteiger partial charge in [-0.25, -0.2) is 0 Å². The maximum Gasteiger partial charge on any atom is 0.254 e. The number of aromatic nitrogens is 3. The van der Waals surface area contributed by atoms with Crippen molar-refractivity contribution in [3.8, 4) is 22.9 Å². The summed E-state index contributed by atoms with van der Waals surface area (Å²) in [5, 5.41) is 13.8. The molecule has 0 aliphatic carbocycles. The van der Waals surface area contributed by atoms with Crippen molar-refractivity contribution in [3.05, 3.63) is 64.2 Å². The van der Waals surface area contributed by atoms with Crippen LogP contribution in [0.4, 0.5) is 0 Å². The van der Waals surface area contributed by atoms with E-state index in [9.17, 15) is 10.1 Å². The predicted molar refractivity (Wildman–Crippen MR) is 126 cm³/mol. The van der Waals surface area contributed by atoms with Gasteiger partial charge in [-0.05, 0) is 56.0 Å². The summed E-state index contributed by atoms with van der Waals surface area (Å²) in [4.78, 5) is 19.9. The van der Waals surface area contributed by atoms with Crippen LogP contribution in [0.5, 0.6) is 5.75 Å². The number of fused-ring (bicyclic) bond motifs is 1. The predicted octanol–water partition coefficient (Wildman–Crippen LogP) is 4.56. The lowest BCUT2D eigenvalue weighted by atomic mass is 9.88. The topological polar surface area (TPSA) is 84.0 Å². The molecule has 170 valence electrons. The highest BCUT2D eigenvalue weighted by molar-refractivity contribution is 6.17. The number of halogens is 1. The van der Waals surface area contributed by atoms with E-state index in [4.69, 9.17) is 16.3 Å². The Bertz CT molecular complexity index is 1260. The average molecular weight is 464 g/mol. The lowest BCUT2D eigenvalue weighted by Gasteiger charge is -2.34. The molecule has 8 heteroatoms. The molecule has 7 nitrogen and oxygen atoms in total. The van der Waals surface area contributed by atoms with Crippen molar-refractivity contribution < 1.29 is 9.53 Å². The van der Waals surface area contributed by atoms with Gasteiger partial charge in [-0.2, -0.15) is 10.4 Å². The number of rotatable bonds is 6. The molecule has 2 aromatic heterocycles. The Labute approximate surface area is 198 Å². The number of carbonyl (C=O) groups excluding carboxylic acids is 1. The molecule has 3 heterocycles. The summed E-state index contributed by atoms with van der Waals surface area (Å²) in [6, 6.07) is 7.55. The highest BCUT2D eigenvalue weighted by Crippen LogP contribution is 2.36. The zero-order valence-corrected chi connectivity index (χ0v) is 20.0. The Morgan fingerprint density at radius 1 is 1.27 bits per heavy atom. The number of aryl methyl sites for hydroxylation is 2. The Kier molecular flexibility index (Phi) is 6.39. The minimum absolute atomic E-state index is 0.0531. The number of ether oxygens (including phenoxy) is 1. The molecule has 33 heavy (non-hydrogen) atoms. The highest BCUT2D eigenvalue weighted by atomic mass is 35.5. The van der Waals surface area contributed by atoms with Crippen molar-refractivity contribution >= 4 is 17.5 Å². The van der Waals surface area contributed by atoms with Gasteiger partial charge in [0.05, 0.1) is 24.0 Å². The Morgan fingerprint density at radius 2 is 2.03 bits per heavy atom. The van der Waals surface area contributed by atoms with Crippen LogP contribution in [0.25, 0.3) is 11.1 Å². The number of nitrogens with zero attached hydrogens (tertiary/aromatic N) is 5. The molecule has 1 unspecified atom stereocenters. The maximum absolute atomic E-state index is 13.7. The van der Waals surface area contributed by atoms with Crippen LogP contribution < -0.4 is 4.74 Å². The summed E-state index contributed by atoms with van der Waals surface area (Å²) in [5.74, 6) is 0.750. The summed E-state index contributed by atoms with van der Waals surface area (Å²) >= 11 is 6.20. The highest BCUT2D eigenvalue weighted by Gasteiger charge is 2.32. The van der Waals surface area contributed by atoms with Gasteiger partial charge in [0.1, 0.15) is 17.4 Å². The SMILES string of the molecule is CCOc1cc(C(C)N2CCc3c(cc(CCl)cc3-c3cn(C)nc3C)C2=O)ncc1C#N. The zero-order chi connectivity index (χ0) is 23.7. The first kappa shape index (κ1) is 22.8. The van der Waals surface area contributed by atoms with Gasteiger partial charge in [0.25, 0.3) is 5.91 Å². The van der Waals surface area contributed by atoms with Crippen LogP contribution in [0.2, 0.25) is 0 Å². The second-order valence-electron chi connectivity index (χ2n) is 8.18. The first-order valence-electron chi connectivity index (χ1n) is 10.9.